The monoisotopic (exact) mass is 333 g/mol. The van der Waals surface area contributed by atoms with Gasteiger partial charge in [-0.15, -0.1) is 11.6 Å². The zero-order chi connectivity index (χ0) is 14.6. The number of allylic oxidation sites excluding steroid dienone is 2. The zero-order valence-corrected chi connectivity index (χ0v) is 12.1. The average Bonchev–Trinajstić information content (AvgIpc) is 2.30. The molecule has 0 aromatic carbocycles. The van der Waals surface area contributed by atoms with Crippen molar-refractivity contribution in [1.82, 2.24) is 0 Å². The number of nitrogens with one attached hydrogen (secondary N) is 1. The smallest absolute Gasteiger partial charge is 0.392 e. The summed E-state index contributed by atoms with van der Waals surface area (Å²) in [5.41, 5.74) is 0.244. The first-order valence-electron chi connectivity index (χ1n) is 5.50. The van der Waals surface area contributed by atoms with Crippen LogP contribution in [0, 0.1) is 11.3 Å². The Hall–Kier alpha value is -0.330. The molecule has 1 rings (SSSR count). The summed E-state index contributed by atoms with van der Waals surface area (Å²) in [6.07, 6.45) is -4.63. The Morgan fingerprint density at radius 3 is 2.63 bits per heavy atom. The van der Waals surface area contributed by atoms with Gasteiger partial charge in [0.25, 0.3) is 0 Å². The molecule has 0 saturated heterocycles. The maximum Gasteiger partial charge on any atom is 0.392 e. The highest BCUT2D eigenvalue weighted by Crippen LogP contribution is 2.36. The molecule has 2 nitrogen and oxygen atoms in total. The van der Waals surface area contributed by atoms with Gasteiger partial charge < -0.3 is 10.1 Å². The Bertz CT molecular complexity index is 398. The molecule has 1 aliphatic carbocycles. The van der Waals surface area contributed by atoms with Gasteiger partial charge in [0.15, 0.2) is 0 Å². The topological polar surface area (TPSA) is 33.1 Å². The van der Waals surface area contributed by atoms with E-state index in [0.717, 1.165) is 0 Å². The van der Waals surface area contributed by atoms with Gasteiger partial charge in [-0.05, 0) is 12.8 Å². The third-order valence-corrected chi connectivity index (χ3v) is 3.65. The summed E-state index contributed by atoms with van der Waals surface area (Å²) in [7, 11) is 0. The fourth-order valence-corrected chi connectivity index (χ4v) is 2.74. The van der Waals surface area contributed by atoms with Crippen LogP contribution in [0.4, 0.5) is 13.2 Å². The molecule has 19 heavy (non-hydrogen) atoms. The zero-order valence-electron chi connectivity index (χ0n) is 9.77. The van der Waals surface area contributed by atoms with Crippen molar-refractivity contribution in [2.75, 3.05) is 6.61 Å². The van der Waals surface area contributed by atoms with E-state index in [0.29, 0.717) is 12.8 Å². The van der Waals surface area contributed by atoms with Gasteiger partial charge in [-0.25, -0.2) is 0 Å². The summed E-state index contributed by atoms with van der Waals surface area (Å²) in [6, 6.07) is 0. The van der Waals surface area contributed by atoms with E-state index in [2.05, 4.69) is 12.2 Å². The van der Waals surface area contributed by atoms with E-state index in [4.69, 9.17) is 33.3 Å². The molecule has 0 bridgehead atoms. The Morgan fingerprint density at radius 1 is 1.53 bits per heavy atom. The molecule has 0 aliphatic heterocycles. The Balaban J connectivity index is 2.63. The van der Waals surface area contributed by atoms with Crippen molar-refractivity contribution < 1.29 is 17.9 Å². The Labute approximate surface area is 124 Å². The second kappa shape index (κ2) is 6.90. The van der Waals surface area contributed by atoms with Crippen LogP contribution in [0.25, 0.3) is 0 Å². The normalized spacial score (nSPS) is 24.3. The fourth-order valence-electron chi connectivity index (χ4n) is 1.71. The number of ether oxygens (including phenoxy) is 1. The van der Waals surface area contributed by atoms with Gasteiger partial charge in [-0.3, -0.25) is 0 Å². The first-order chi connectivity index (χ1) is 8.74. The van der Waals surface area contributed by atoms with Crippen molar-refractivity contribution >= 4 is 46.5 Å². The summed E-state index contributed by atoms with van der Waals surface area (Å²) in [4.78, 5) is 0. The van der Waals surface area contributed by atoms with Crippen molar-refractivity contribution in [1.29, 1.82) is 5.41 Å². The second-order valence-electron chi connectivity index (χ2n) is 4.16. The van der Waals surface area contributed by atoms with Gasteiger partial charge in [-0.2, -0.15) is 13.2 Å². The molecule has 1 N–H and O–H groups in total. The number of thiocarbonyl (C=S) groups is 1. The van der Waals surface area contributed by atoms with Gasteiger partial charge >= 0.3 is 6.18 Å². The van der Waals surface area contributed by atoms with Crippen molar-refractivity contribution in [3.8, 4) is 0 Å². The van der Waals surface area contributed by atoms with Crippen LogP contribution in [0.5, 0.6) is 0 Å². The quantitative estimate of drug-likeness (QED) is 0.458. The standard InChI is InChI=1S/C11H12Cl2F3NOS/c12-7-3-6(9(17)5-19)4-8(13)10(7)18-2-1-11(14,15)16/h5-7,17H,1-4H2. The van der Waals surface area contributed by atoms with Crippen LogP contribution in [-0.4, -0.2) is 29.2 Å². The van der Waals surface area contributed by atoms with Gasteiger partial charge in [0, 0.05) is 17.0 Å². The second-order valence-corrected chi connectivity index (χ2v) is 5.38. The van der Waals surface area contributed by atoms with Crippen molar-refractivity contribution in [3.05, 3.63) is 10.8 Å². The molecular weight excluding hydrogens is 322 g/mol. The van der Waals surface area contributed by atoms with E-state index < -0.39 is 24.6 Å². The maximum atomic E-state index is 12.0. The van der Waals surface area contributed by atoms with Gasteiger partial charge in [0.1, 0.15) is 5.76 Å². The third-order valence-electron chi connectivity index (χ3n) is 2.68. The molecule has 8 heteroatoms. The van der Waals surface area contributed by atoms with E-state index in [1.165, 1.54) is 5.37 Å². The molecule has 0 aromatic rings. The highest BCUT2D eigenvalue weighted by Gasteiger charge is 2.32. The molecule has 108 valence electrons. The van der Waals surface area contributed by atoms with Crippen molar-refractivity contribution in [3.63, 3.8) is 0 Å². The van der Waals surface area contributed by atoms with Crippen LogP contribution in [0.3, 0.4) is 0 Å². The average molecular weight is 334 g/mol. The molecule has 0 amide bonds. The Kier molecular flexibility index (Phi) is 6.08. The summed E-state index contributed by atoms with van der Waals surface area (Å²) < 4.78 is 41.1. The first kappa shape index (κ1) is 16.7. The lowest BCUT2D eigenvalue weighted by atomic mass is 9.89. The van der Waals surface area contributed by atoms with Crippen molar-refractivity contribution in [2.24, 2.45) is 5.92 Å². The molecule has 0 fully saturated rings. The van der Waals surface area contributed by atoms with Gasteiger partial charge in [-0.1, -0.05) is 23.8 Å². The number of halogens is 5. The fraction of sp³-hybridized carbons (Fsp3) is 0.636. The van der Waals surface area contributed by atoms with E-state index in [-0.39, 0.29) is 22.4 Å². The highest BCUT2D eigenvalue weighted by atomic mass is 35.5. The summed E-state index contributed by atoms with van der Waals surface area (Å²) in [5.74, 6) is -0.0246. The van der Waals surface area contributed by atoms with Crippen LogP contribution in [0.2, 0.25) is 0 Å². The molecule has 2 atom stereocenters. The molecular formula is C11H12Cl2F3NOS. The minimum Gasteiger partial charge on any atom is -0.495 e. The summed E-state index contributed by atoms with van der Waals surface area (Å²) >= 11 is 16.7. The first-order valence-corrected chi connectivity index (χ1v) is 6.79. The van der Waals surface area contributed by atoms with Crippen LogP contribution >= 0.6 is 35.4 Å². The predicted molar refractivity (Wildman–Crippen MR) is 73.2 cm³/mol. The minimum absolute atomic E-state index is 0.181. The van der Waals surface area contributed by atoms with E-state index in [9.17, 15) is 13.2 Å². The highest BCUT2D eigenvalue weighted by molar-refractivity contribution is 7.80. The molecule has 0 saturated carbocycles. The lowest BCUT2D eigenvalue weighted by molar-refractivity contribution is -0.142. The Morgan fingerprint density at radius 2 is 2.16 bits per heavy atom. The molecule has 0 radical (unpaired) electrons. The lowest BCUT2D eigenvalue weighted by Gasteiger charge is -2.27. The van der Waals surface area contributed by atoms with E-state index in [1.807, 2.05) is 0 Å². The number of rotatable bonds is 5. The van der Waals surface area contributed by atoms with Crippen LogP contribution in [0.1, 0.15) is 19.3 Å². The van der Waals surface area contributed by atoms with E-state index in [1.54, 1.807) is 0 Å². The predicted octanol–water partition coefficient (Wildman–Crippen LogP) is 4.44. The number of hydrogen-bond donors (Lipinski definition) is 1. The molecule has 2 unspecified atom stereocenters. The third kappa shape index (κ3) is 5.28. The lowest BCUT2D eigenvalue weighted by Crippen LogP contribution is -2.26. The van der Waals surface area contributed by atoms with Gasteiger partial charge in [0.2, 0.25) is 0 Å². The molecule has 0 spiro atoms. The van der Waals surface area contributed by atoms with Crippen LogP contribution < -0.4 is 0 Å². The minimum atomic E-state index is -4.27. The number of alkyl halides is 4. The van der Waals surface area contributed by atoms with Crippen molar-refractivity contribution in [2.45, 2.75) is 30.8 Å². The van der Waals surface area contributed by atoms with Crippen LogP contribution in [-0.2, 0) is 4.74 Å². The molecule has 0 aromatic heterocycles. The SMILES string of the molecule is N=C(C=S)C1CC(Cl)=C(OCCC(F)(F)F)C(Cl)C1. The van der Waals surface area contributed by atoms with Gasteiger partial charge in [0.05, 0.1) is 23.4 Å². The summed E-state index contributed by atoms with van der Waals surface area (Å²) in [5, 5.41) is 8.49. The van der Waals surface area contributed by atoms with E-state index >= 15 is 0 Å². The maximum absolute atomic E-state index is 12.0. The summed E-state index contributed by atoms with van der Waals surface area (Å²) in [6.45, 7) is -0.506. The molecule has 0 heterocycles. The number of hydrogen-bond acceptors (Lipinski definition) is 3. The largest absolute Gasteiger partial charge is 0.495 e. The molecule has 1 aliphatic rings. The van der Waals surface area contributed by atoms with Crippen LogP contribution in [0.15, 0.2) is 10.8 Å².